The van der Waals surface area contributed by atoms with Gasteiger partial charge >= 0.3 is 5.97 Å². The number of hydrogen-bond acceptors (Lipinski definition) is 5. The Hall–Kier alpha value is -3.51. The van der Waals surface area contributed by atoms with E-state index in [4.69, 9.17) is 10.5 Å². The van der Waals surface area contributed by atoms with E-state index in [1.807, 2.05) is 19.1 Å². The molecule has 154 valence electrons. The zero-order valence-electron chi connectivity index (χ0n) is 17.3. The summed E-state index contributed by atoms with van der Waals surface area (Å²) in [6, 6.07) is 15.7. The number of carbonyl (C=O) groups is 2. The van der Waals surface area contributed by atoms with Crippen LogP contribution in [0.2, 0.25) is 0 Å². The van der Waals surface area contributed by atoms with Crippen molar-refractivity contribution in [3.63, 3.8) is 0 Å². The summed E-state index contributed by atoms with van der Waals surface area (Å²) in [4.78, 5) is 29.0. The van der Waals surface area contributed by atoms with Crippen molar-refractivity contribution < 1.29 is 14.3 Å². The predicted molar refractivity (Wildman–Crippen MR) is 117 cm³/mol. The van der Waals surface area contributed by atoms with Crippen LogP contribution in [0.5, 0.6) is 0 Å². The summed E-state index contributed by atoms with van der Waals surface area (Å²) in [5.74, 6) is -0.630. The van der Waals surface area contributed by atoms with Crippen LogP contribution >= 0.6 is 0 Å². The van der Waals surface area contributed by atoms with Crippen molar-refractivity contribution in [1.29, 1.82) is 0 Å². The molecule has 0 spiro atoms. The van der Waals surface area contributed by atoms with E-state index in [2.05, 4.69) is 10.3 Å². The van der Waals surface area contributed by atoms with Gasteiger partial charge in [0.15, 0.2) is 0 Å². The molecular weight excluding hydrogens is 378 g/mol. The monoisotopic (exact) mass is 403 g/mol. The van der Waals surface area contributed by atoms with Crippen molar-refractivity contribution in [2.75, 3.05) is 5.32 Å². The van der Waals surface area contributed by atoms with Crippen LogP contribution in [0.3, 0.4) is 0 Å². The third kappa shape index (κ3) is 5.10. The number of nitrogens with one attached hydrogen (secondary N) is 1. The van der Waals surface area contributed by atoms with Crippen LogP contribution in [0.15, 0.2) is 67.0 Å². The molecule has 3 rings (SSSR count). The number of aromatic nitrogens is 1. The summed E-state index contributed by atoms with van der Waals surface area (Å²) in [5, 5.41) is 2.85. The number of ether oxygens (including phenoxy) is 1. The van der Waals surface area contributed by atoms with E-state index >= 15 is 0 Å². The van der Waals surface area contributed by atoms with Crippen molar-refractivity contribution in [2.24, 2.45) is 5.73 Å². The molecule has 6 heteroatoms. The molecule has 0 aliphatic rings. The first-order chi connectivity index (χ1) is 14.3. The van der Waals surface area contributed by atoms with Gasteiger partial charge in [0.1, 0.15) is 0 Å². The van der Waals surface area contributed by atoms with Gasteiger partial charge in [-0.15, -0.1) is 0 Å². The average Bonchev–Trinajstić information content (AvgIpc) is 2.73. The normalized spacial score (nSPS) is 11.8. The summed E-state index contributed by atoms with van der Waals surface area (Å²) in [5.41, 5.74) is 10.2. The SMILES string of the molecule is CC(C)OC(=O)c1cccc(-c2cc(C(=O)Nc3ccncc3)ccc2C(C)N)c1. The van der Waals surface area contributed by atoms with Gasteiger partial charge in [-0.05, 0) is 73.9 Å². The molecule has 0 aliphatic heterocycles. The lowest BCUT2D eigenvalue weighted by Crippen LogP contribution is -2.14. The van der Waals surface area contributed by atoms with E-state index < -0.39 is 0 Å². The summed E-state index contributed by atoms with van der Waals surface area (Å²) in [6.07, 6.45) is 3.02. The van der Waals surface area contributed by atoms with Gasteiger partial charge in [0.2, 0.25) is 0 Å². The highest BCUT2D eigenvalue weighted by molar-refractivity contribution is 6.05. The van der Waals surface area contributed by atoms with Crippen molar-refractivity contribution in [3.05, 3.63) is 83.7 Å². The minimum atomic E-state index is -0.388. The lowest BCUT2D eigenvalue weighted by molar-refractivity contribution is 0.0378. The molecule has 0 saturated heterocycles. The molecule has 1 unspecified atom stereocenters. The van der Waals surface area contributed by atoms with Crippen molar-refractivity contribution in [3.8, 4) is 11.1 Å². The fourth-order valence-electron chi connectivity index (χ4n) is 3.08. The largest absolute Gasteiger partial charge is 0.459 e. The molecule has 1 amide bonds. The van der Waals surface area contributed by atoms with Gasteiger partial charge in [-0.2, -0.15) is 0 Å². The standard InChI is InChI=1S/C24H25N3O3/c1-15(2)30-24(29)19-6-4-5-17(13-19)22-14-18(7-8-21(22)16(3)25)23(28)27-20-9-11-26-12-10-20/h4-16H,25H2,1-3H3,(H,26,27,28). The third-order valence-corrected chi connectivity index (χ3v) is 4.50. The number of benzene rings is 2. The molecule has 0 bridgehead atoms. The van der Waals surface area contributed by atoms with Gasteiger partial charge < -0.3 is 15.8 Å². The summed E-state index contributed by atoms with van der Waals surface area (Å²) < 4.78 is 5.30. The number of esters is 1. The lowest BCUT2D eigenvalue weighted by atomic mass is 9.92. The Labute approximate surface area is 176 Å². The Balaban J connectivity index is 1.98. The first-order valence-corrected chi connectivity index (χ1v) is 9.77. The molecule has 1 atom stereocenters. The van der Waals surface area contributed by atoms with Crippen LogP contribution in [0.1, 0.15) is 53.1 Å². The minimum absolute atomic E-state index is 0.207. The molecule has 30 heavy (non-hydrogen) atoms. The Kier molecular flexibility index (Phi) is 6.59. The minimum Gasteiger partial charge on any atom is -0.459 e. The molecule has 1 aromatic heterocycles. The first kappa shape index (κ1) is 21.2. The summed E-state index contributed by atoms with van der Waals surface area (Å²) in [6.45, 7) is 5.49. The van der Waals surface area contributed by atoms with E-state index in [0.717, 1.165) is 16.7 Å². The van der Waals surface area contributed by atoms with Crippen molar-refractivity contribution in [2.45, 2.75) is 32.9 Å². The topological polar surface area (TPSA) is 94.3 Å². The van der Waals surface area contributed by atoms with Crippen LogP contribution in [0.4, 0.5) is 5.69 Å². The van der Waals surface area contributed by atoms with E-state index in [1.165, 1.54) is 0 Å². The molecular formula is C24H25N3O3. The van der Waals surface area contributed by atoms with Gasteiger partial charge in [-0.25, -0.2) is 4.79 Å². The smallest absolute Gasteiger partial charge is 0.338 e. The average molecular weight is 403 g/mol. The zero-order chi connectivity index (χ0) is 21.7. The van der Waals surface area contributed by atoms with Gasteiger partial charge in [0.25, 0.3) is 5.91 Å². The molecule has 6 nitrogen and oxygen atoms in total. The fourth-order valence-corrected chi connectivity index (χ4v) is 3.08. The van der Waals surface area contributed by atoms with Crippen LogP contribution in [-0.4, -0.2) is 23.0 Å². The summed E-state index contributed by atoms with van der Waals surface area (Å²) >= 11 is 0. The van der Waals surface area contributed by atoms with E-state index in [0.29, 0.717) is 16.8 Å². The Morgan fingerprint density at radius 3 is 2.37 bits per heavy atom. The van der Waals surface area contributed by atoms with E-state index in [9.17, 15) is 9.59 Å². The third-order valence-electron chi connectivity index (χ3n) is 4.50. The number of anilines is 1. The quantitative estimate of drug-likeness (QED) is 0.587. The van der Waals surface area contributed by atoms with Crippen LogP contribution in [-0.2, 0) is 4.74 Å². The maximum absolute atomic E-state index is 12.7. The molecule has 0 aliphatic carbocycles. The molecule has 3 aromatic rings. The molecule has 0 fully saturated rings. The second-order valence-corrected chi connectivity index (χ2v) is 7.32. The lowest BCUT2D eigenvalue weighted by Gasteiger charge is -2.16. The van der Waals surface area contributed by atoms with Crippen LogP contribution < -0.4 is 11.1 Å². The van der Waals surface area contributed by atoms with E-state index in [1.54, 1.807) is 68.7 Å². The second kappa shape index (κ2) is 9.33. The number of pyridine rings is 1. The first-order valence-electron chi connectivity index (χ1n) is 9.77. The number of carbonyl (C=O) groups excluding carboxylic acids is 2. The zero-order valence-corrected chi connectivity index (χ0v) is 17.3. The molecule has 0 radical (unpaired) electrons. The highest BCUT2D eigenvalue weighted by Gasteiger charge is 2.16. The molecule has 1 heterocycles. The predicted octanol–water partition coefficient (Wildman–Crippen LogP) is 4.59. The van der Waals surface area contributed by atoms with Gasteiger partial charge in [-0.3, -0.25) is 9.78 Å². The Morgan fingerprint density at radius 2 is 1.70 bits per heavy atom. The fraction of sp³-hybridized carbons (Fsp3) is 0.208. The number of hydrogen-bond donors (Lipinski definition) is 2. The maximum atomic E-state index is 12.7. The molecule has 0 saturated carbocycles. The maximum Gasteiger partial charge on any atom is 0.338 e. The highest BCUT2D eigenvalue weighted by atomic mass is 16.5. The van der Waals surface area contributed by atoms with Gasteiger partial charge in [0.05, 0.1) is 11.7 Å². The summed E-state index contributed by atoms with van der Waals surface area (Å²) in [7, 11) is 0. The van der Waals surface area contributed by atoms with Crippen molar-refractivity contribution >= 4 is 17.6 Å². The Morgan fingerprint density at radius 1 is 0.967 bits per heavy atom. The number of nitrogens with two attached hydrogens (primary N) is 1. The van der Waals surface area contributed by atoms with E-state index in [-0.39, 0.29) is 24.0 Å². The van der Waals surface area contributed by atoms with Crippen LogP contribution in [0, 0.1) is 0 Å². The second-order valence-electron chi connectivity index (χ2n) is 7.32. The Bertz CT molecular complexity index is 1050. The van der Waals surface area contributed by atoms with Crippen LogP contribution in [0.25, 0.3) is 11.1 Å². The molecule has 2 aromatic carbocycles. The van der Waals surface area contributed by atoms with Gasteiger partial charge in [-0.1, -0.05) is 18.2 Å². The molecule has 3 N–H and O–H groups in total. The van der Waals surface area contributed by atoms with Crippen molar-refractivity contribution in [1.82, 2.24) is 4.98 Å². The van der Waals surface area contributed by atoms with Gasteiger partial charge in [0, 0.05) is 29.7 Å². The number of nitrogens with zero attached hydrogens (tertiary/aromatic N) is 1. The number of rotatable bonds is 6. The number of amides is 1. The highest BCUT2D eigenvalue weighted by Crippen LogP contribution is 2.30.